The number of benzene rings is 1. The SMILES string of the molecule is CN=C(NCCN(C)CCOC)NCc1ccc2c(c1)OCO2.I. The van der Waals surface area contributed by atoms with Crippen LogP contribution in [0.1, 0.15) is 5.56 Å². The lowest BCUT2D eigenvalue weighted by Gasteiger charge is -2.17. The van der Waals surface area contributed by atoms with Gasteiger partial charge in [-0.2, -0.15) is 0 Å². The number of nitrogens with one attached hydrogen (secondary N) is 2. The normalized spacial score (nSPS) is 12.9. The molecule has 1 aromatic rings. The number of guanidine groups is 1. The van der Waals surface area contributed by atoms with E-state index in [1.54, 1.807) is 14.2 Å². The highest BCUT2D eigenvalue weighted by Gasteiger charge is 2.13. The second-order valence-corrected chi connectivity index (χ2v) is 5.34. The van der Waals surface area contributed by atoms with Crippen LogP contribution in [0.3, 0.4) is 0 Å². The van der Waals surface area contributed by atoms with E-state index in [0.29, 0.717) is 13.3 Å². The van der Waals surface area contributed by atoms with E-state index >= 15 is 0 Å². The maximum absolute atomic E-state index is 5.38. The van der Waals surface area contributed by atoms with Crippen molar-refractivity contribution in [3.05, 3.63) is 23.8 Å². The summed E-state index contributed by atoms with van der Waals surface area (Å²) in [7, 11) is 5.56. The Hall–Kier alpha value is -1.26. The Balaban J connectivity index is 0.00000288. The zero-order valence-electron chi connectivity index (χ0n) is 14.5. The number of methoxy groups -OCH3 is 1. The van der Waals surface area contributed by atoms with Crippen LogP contribution in [0, 0.1) is 0 Å². The van der Waals surface area contributed by atoms with Crippen LogP contribution < -0.4 is 20.1 Å². The summed E-state index contributed by atoms with van der Waals surface area (Å²) in [6, 6.07) is 5.94. The van der Waals surface area contributed by atoms with Crippen molar-refractivity contribution in [2.45, 2.75) is 6.54 Å². The van der Waals surface area contributed by atoms with Crippen molar-refractivity contribution >= 4 is 29.9 Å². The standard InChI is InChI=1S/C16H26N4O3.HI/c1-17-16(18-6-7-20(2)8-9-21-3)19-11-13-4-5-14-15(10-13)23-12-22-14;/h4-5,10H,6-9,11-12H2,1-3H3,(H2,17,18,19);1H. The molecule has 24 heavy (non-hydrogen) atoms. The lowest BCUT2D eigenvalue weighted by Crippen LogP contribution is -2.41. The van der Waals surface area contributed by atoms with E-state index in [-0.39, 0.29) is 24.0 Å². The second-order valence-electron chi connectivity index (χ2n) is 5.34. The molecule has 0 aliphatic carbocycles. The van der Waals surface area contributed by atoms with Crippen LogP contribution in [0.4, 0.5) is 0 Å². The van der Waals surface area contributed by atoms with E-state index in [9.17, 15) is 0 Å². The van der Waals surface area contributed by atoms with Gasteiger partial charge in [-0.15, -0.1) is 24.0 Å². The number of halogens is 1. The monoisotopic (exact) mass is 450 g/mol. The van der Waals surface area contributed by atoms with Crippen LogP contribution in [-0.2, 0) is 11.3 Å². The number of rotatable bonds is 8. The maximum atomic E-state index is 5.38. The van der Waals surface area contributed by atoms with Gasteiger partial charge in [0.15, 0.2) is 17.5 Å². The van der Waals surface area contributed by atoms with Gasteiger partial charge < -0.3 is 29.7 Å². The summed E-state index contributed by atoms with van der Waals surface area (Å²) in [6.07, 6.45) is 0. The minimum atomic E-state index is 0. The van der Waals surface area contributed by atoms with Crippen molar-refractivity contribution in [3.8, 4) is 11.5 Å². The molecule has 0 fully saturated rings. The average Bonchev–Trinajstić information content (AvgIpc) is 3.03. The van der Waals surface area contributed by atoms with Crippen molar-refractivity contribution in [1.82, 2.24) is 15.5 Å². The number of fused-ring (bicyclic) bond motifs is 1. The molecule has 2 rings (SSSR count). The van der Waals surface area contributed by atoms with Crippen LogP contribution in [0.2, 0.25) is 0 Å². The second kappa shape index (κ2) is 11.3. The lowest BCUT2D eigenvalue weighted by molar-refractivity contribution is 0.162. The molecule has 0 amide bonds. The van der Waals surface area contributed by atoms with Gasteiger partial charge in [-0.05, 0) is 24.7 Å². The molecule has 1 heterocycles. The van der Waals surface area contributed by atoms with Gasteiger partial charge in [0.25, 0.3) is 0 Å². The van der Waals surface area contributed by atoms with Gasteiger partial charge in [-0.25, -0.2) is 0 Å². The molecule has 8 heteroatoms. The molecule has 0 atom stereocenters. The Morgan fingerprint density at radius 3 is 2.79 bits per heavy atom. The fourth-order valence-corrected chi connectivity index (χ4v) is 2.18. The minimum absolute atomic E-state index is 0. The first-order chi connectivity index (χ1) is 11.2. The van der Waals surface area contributed by atoms with E-state index in [2.05, 4.69) is 27.6 Å². The lowest BCUT2D eigenvalue weighted by atomic mass is 10.2. The van der Waals surface area contributed by atoms with Gasteiger partial charge in [-0.1, -0.05) is 6.07 Å². The van der Waals surface area contributed by atoms with Crippen molar-refractivity contribution in [2.75, 3.05) is 54.2 Å². The first-order valence-electron chi connectivity index (χ1n) is 7.73. The first kappa shape index (κ1) is 20.8. The summed E-state index contributed by atoms with van der Waals surface area (Å²) in [5, 5.41) is 6.59. The zero-order chi connectivity index (χ0) is 16.5. The van der Waals surface area contributed by atoms with Crippen LogP contribution in [-0.4, -0.2) is 65.1 Å². The third-order valence-electron chi connectivity index (χ3n) is 3.58. The number of likely N-dealkylation sites (N-methyl/N-ethyl adjacent to an activating group) is 1. The molecule has 0 aromatic heterocycles. The van der Waals surface area contributed by atoms with Gasteiger partial charge in [-0.3, -0.25) is 4.99 Å². The predicted molar refractivity (Wildman–Crippen MR) is 106 cm³/mol. The van der Waals surface area contributed by atoms with E-state index in [1.165, 1.54) is 0 Å². The number of nitrogens with zero attached hydrogens (tertiary/aromatic N) is 2. The molecular weight excluding hydrogens is 423 g/mol. The molecule has 2 N–H and O–H groups in total. The molecule has 1 aliphatic heterocycles. The van der Waals surface area contributed by atoms with E-state index in [4.69, 9.17) is 14.2 Å². The molecule has 7 nitrogen and oxygen atoms in total. The number of hydrogen-bond acceptors (Lipinski definition) is 5. The molecule has 0 spiro atoms. The summed E-state index contributed by atoms with van der Waals surface area (Å²) in [5.74, 6) is 2.38. The zero-order valence-corrected chi connectivity index (χ0v) is 16.8. The quantitative estimate of drug-likeness (QED) is 0.354. The topological polar surface area (TPSA) is 67.4 Å². The van der Waals surface area contributed by atoms with Crippen molar-refractivity contribution < 1.29 is 14.2 Å². The predicted octanol–water partition coefficient (Wildman–Crippen LogP) is 1.28. The first-order valence-corrected chi connectivity index (χ1v) is 7.73. The molecule has 1 aliphatic rings. The molecule has 0 unspecified atom stereocenters. The molecular formula is C16H27IN4O3. The molecule has 1 aromatic carbocycles. The summed E-state index contributed by atoms with van der Waals surface area (Å²) >= 11 is 0. The Bertz CT molecular complexity index is 528. The smallest absolute Gasteiger partial charge is 0.231 e. The summed E-state index contributed by atoms with van der Waals surface area (Å²) in [5.41, 5.74) is 1.12. The summed E-state index contributed by atoms with van der Waals surface area (Å²) in [6.45, 7) is 4.38. The molecule has 0 bridgehead atoms. The van der Waals surface area contributed by atoms with Gasteiger partial charge in [0, 0.05) is 40.3 Å². The van der Waals surface area contributed by atoms with E-state index < -0.39 is 0 Å². The van der Waals surface area contributed by atoms with Crippen molar-refractivity contribution in [1.29, 1.82) is 0 Å². The molecule has 136 valence electrons. The van der Waals surface area contributed by atoms with Crippen LogP contribution >= 0.6 is 24.0 Å². The third-order valence-corrected chi connectivity index (χ3v) is 3.58. The average molecular weight is 450 g/mol. The number of aliphatic imine (C=N–C) groups is 1. The van der Waals surface area contributed by atoms with Crippen LogP contribution in [0.25, 0.3) is 0 Å². The maximum Gasteiger partial charge on any atom is 0.231 e. The highest BCUT2D eigenvalue weighted by molar-refractivity contribution is 14.0. The van der Waals surface area contributed by atoms with Gasteiger partial charge in [0.1, 0.15) is 0 Å². The van der Waals surface area contributed by atoms with E-state index in [0.717, 1.165) is 49.3 Å². The van der Waals surface area contributed by atoms with Crippen molar-refractivity contribution in [3.63, 3.8) is 0 Å². The van der Waals surface area contributed by atoms with Crippen LogP contribution in [0.5, 0.6) is 11.5 Å². The molecule has 0 saturated heterocycles. The van der Waals surface area contributed by atoms with Crippen molar-refractivity contribution in [2.24, 2.45) is 4.99 Å². The minimum Gasteiger partial charge on any atom is -0.454 e. The number of ether oxygens (including phenoxy) is 3. The third kappa shape index (κ3) is 6.70. The van der Waals surface area contributed by atoms with Gasteiger partial charge >= 0.3 is 0 Å². The fourth-order valence-electron chi connectivity index (χ4n) is 2.18. The molecule has 0 saturated carbocycles. The van der Waals surface area contributed by atoms with Crippen LogP contribution in [0.15, 0.2) is 23.2 Å². The largest absolute Gasteiger partial charge is 0.454 e. The highest BCUT2D eigenvalue weighted by atomic mass is 127. The number of hydrogen-bond donors (Lipinski definition) is 2. The van der Waals surface area contributed by atoms with Gasteiger partial charge in [0.2, 0.25) is 6.79 Å². The Morgan fingerprint density at radius 2 is 2.04 bits per heavy atom. The summed E-state index contributed by atoms with van der Waals surface area (Å²) in [4.78, 5) is 6.44. The Kier molecular flexibility index (Phi) is 9.80. The Labute approximate surface area is 160 Å². The highest BCUT2D eigenvalue weighted by Crippen LogP contribution is 2.32. The summed E-state index contributed by atoms with van der Waals surface area (Å²) < 4.78 is 15.8. The molecule has 0 radical (unpaired) electrons. The van der Waals surface area contributed by atoms with Gasteiger partial charge in [0.05, 0.1) is 6.61 Å². The van der Waals surface area contributed by atoms with E-state index in [1.807, 2.05) is 18.2 Å². The Morgan fingerprint density at radius 1 is 1.25 bits per heavy atom. The fraction of sp³-hybridized carbons (Fsp3) is 0.562.